The van der Waals surface area contributed by atoms with Gasteiger partial charge < -0.3 is 84.6 Å². The van der Waals surface area contributed by atoms with Crippen molar-refractivity contribution < 1.29 is 89.4 Å². The van der Waals surface area contributed by atoms with Gasteiger partial charge in [-0.25, -0.2) is 4.79 Å². The highest BCUT2D eigenvalue weighted by Crippen LogP contribution is 2.46. The summed E-state index contributed by atoms with van der Waals surface area (Å²) in [5.74, 6) is -4.76. The second kappa shape index (κ2) is 15.7. The van der Waals surface area contributed by atoms with Crippen LogP contribution in [0.3, 0.4) is 0 Å². The molecule has 294 valence electrons. The second-order valence-electron chi connectivity index (χ2n) is 12.7. The predicted molar refractivity (Wildman–Crippen MR) is 183 cm³/mol. The van der Waals surface area contributed by atoms with E-state index < -0.39 is 126 Å². The highest BCUT2D eigenvalue weighted by molar-refractivity contribution is 5.89. The van der Waals surface area contributed by atoms with Gasteiger partial charge >= 0.3 is 5.97 Å². The molecule has 0 radical (unpaired) electrons. The predicted octanol–water partition coefficient (Wildman–Crippen LogP) is -1.05. The lowest BCUT2D eigenvalue weighted by Crippen LogP contribution is -2.60. The number of fused-ring (bicyclic) bond motifs is 1. The fourth-order valence-electron chi connectivity index (χ4n) is 6.22. The standard InChI is InChI=1S/C36H36O19/c37-11-23-29(46)32(49)35(55-25(44)6-2-13-1-4-15(39)16(40)7-13)34(52-23)27-19(43)10-22-26(30(27)47)18(42)9-21(51-22)14-3-5-20(17(41)8-14)53-36-33(50)31(48)28(45)24(12-38)54-36/h1-10,23-24,28-29,31-41,43,45-50H,11-12H2. The molecule has 0 aliphatic carbocycles. The summed E-state index contributed by atoms with van der Waals surface area (Å²) in [6.45, 7) is -1.58. The van der Waals surface area contributed by atoms with E-state index in [1.54, 1.807) is 0 Å². The molecule has 2 saturated heterocycles. The van der Waals surface area contributed by atoms with Crippen LogP contribution in [0.15, 0.2) is 63.8 Å². The lowest BCUT2D eigenvalue weighted by Gasteiger charge is -2.42. The van der Waals surface area contributed by atoms with Gasteiger partial charge in [0, 0.05) is 23.8 Å². The highest BCUT2D eigenvalue weighted by Gasteiger charge is 2.49. The highest BCUT2D eigenvalue weighted by atomic mass is 16.7. The molecule has 0 spiro atoms. The van der Waals surface area contributed by atoms with E-state index in [0.717, 1.165) is 36.4 Å². The molecule has 10 unspecified atom stereocenters. The zero-order valence-electron chi connectivity index (χ0n) is 28.2. The zero-order valence-corrected chi connectivity index (χ0v) is 28.2. The van der Waals surface area contributed by atoms with Crippen molar-refractivity contribution >= 4 is 23.0 Å². The number of hydrogen-bond acceptors (Lipinski definition) is 19. The monoisotopic (exact) mass is 772 g/mol. The quantitative estimate of drug-likeness (QED) is 0.0548. The van der Waals surface area contributed by atoms with Crippen molar-refractivity contribution in [2.75, 3.05) is 13.2 Å². The number of hydrogen-bond donors (Lipinski definition) is 12. The molecule has 19 heteroatoms. The molecule has 0 bridgehead atoms. The van der Waals surface area contributed by atoms with E-state index in [9.17, 15) is 70.9 Å². The van der Waals surface area contributed by atoms with Crippen LogP contribution in [-0.4, -0.2) is 136 Å². The Balaban J connectivity index is 1.30. The van der Waals surface area contributed by atoms with E-state index in [4.69, 9.17) is 23.4 Å². The summed E-state index contributed by atoms with van der Waals surface area (Å²) in [5.41, 5.74) is -1.52. The number of aliphatic hydroxyl groups excluding tert-OH is 7. The Bertz CT molecular complexity index is 2150. The van der Waals surface area contributed by atoms with Crippen molar-refractivity contribution in [2.24, 2.45) is 0 Å². The maximum absolute atomic E-state index is 13.5. The summed E-state index contributed by atoms with van der Waals surface area (Å²) >= 11 is 0. The van der Waals surface area contributed by atoms with Crippen molar-refractivity contribution in [3.8, 4) is 45.8 Å². The van der Waals surface area contributed by atoms with Crippen molar-refractivity contribution in [1.29, 1.82) is 0 Å². The first kappa shape index (κ1) is 39.2. The minimum Gasteiger partial charge on any atom is -0.507 e. The van der Waals surface area contributed by atoms with Gasteiger partial charge in [-0.05, 0) is 42.0 Å². The van der Waals surface area contributed by atoms with Gasteiger partial charge in [0.05, 0.1) is 18.8 Å². The molecular formula is C36H36O19. The number of carbonyl (C=O) groups excluding carboxylic acids is 1. The van der Waals surface area contributed by atoms with Gasteiger partial charge in [-0.3, -0.25) is 4.79 Å². The molecule has 1 aromatic heterocycles. The van der Waals surface area contributed by atoms with Gasteiger partial charge in [0.25, 0.3) is 0 Å². The number of phenols is 5. The molecule has 4 aromatic rings. The average molecular weight is 773 g/mol. The third kappa shape index (κ3) is 7.60. The van der Waals surface area contributed by atoms with E-state index in [-0.39, 0.29) is 28.2 Å². The maximum Gasteiger partial charge on any atom is 0.331 e. The summed E-state index contributed by atoms with van der Waals surface area (Å²) in [6, 6.07) is 9.09. The number of benzene rings is 3. The van der Waals surface area contributed by atoms with E-state index >= 15 is 0 Å². The third-order valence-electron chi connectivity index (χ3n) is 9.16. The minimum atomic E-state index is -1.96. The number of esters is 1. The average Bonchev–Trinajstić information content (AvgIpc) is 3.15. The van der Waals surface area contributed by atoms with Crippen LogP contribution < -0.4 is 10.2 Å². The molecule has 19 nitrogen and oxygen atoms in total. The van der Waals surface area contributed by atoms with Crippen LogP contribution >= 0.6 is 0 Å². The Morgan fingerprint density at radius 2 is 1.42 bits per heavy atom. The molecule has 12 N–H and O–H groups in total. The topological polar surface area (TPSA) is 327 Å². The van der Waals surface area contributed by atoms with Crippen molar-refractivity contribution in [3.63, 3.8) is 0 Å². The zero-order chi connectivity index (χ0) is 39.9. The van der Waals surface area contributed by atoms with Crippen LogP contribution in [0.25, 0.3) is 28.4 Å². The van der Waals surface area contributed by atoms with Crippen molar-refractivity contribution in [3.05, 3.63) is 76.0 Å². The molecule has 2 aliphatic rings. The number of rotatable bonds is 9. The normalized spacial score (nSPS) is 28.3. The number of aliphatic hydroxyl groups is 7. The van der Waals surface area contributed by atoms with Crippen molar-refractivity contribution in [1.82, 2.24) is 0 Å². The Morgan fingerprint density at radius 3 is 2.09 bits per heavy atom. The Hall–Kier alpha value is -5.48. The van der Waals surface area contributed by atoms with Crippen LogP contribution in [-0.2, 0) is 19.0 Å². The first-order valence-electron chi connectivity index (χ1n) is 16.5. The molecule has 0 amide bonds. The Kier molecular flexibility index (Phi) is 11.2. The second-order valence-corrected chi connectivity index (χ2v) is 12.7. The van der Waals surface area contributed by atoms with Crippen LogP contribution in [0, 0.1) is 0 Å². The van der Waals surface area contributed by atoms with E-state index in [1.165, 1.54) is 24.3 Å². The first-order chi connectivity index (χ1) is 26.1. The maximum atomic E-state index is 13.5. The minimum absolute atomic E-state index is 0.0711. The number of aromatic hydroxyl groups is 5. The summed E-state index contributed by atoms with van der Waals surface area (Å²) in [4.78, 5) is 26.3. The molecule has 6 rings (SSSR count). The first-order valence-corrected chi connectivity index (χ1v) is 16.5. The molecule has 2 fully saturated rings. The van der Waals surface area contributed by atoms with Crippen LogP contribution in [0.5, 0.6) is 34.5 Å². The SMILES string of the molecule is O=C(C=Cc1ccc(O)c(O)c1)OC1C(c2c(O)cc3oc(-c4ccc(OC5OC(CO)C(O)C(O)C5O)c(O)c4)cc(=O)c3c2O)OC(CO)C(O)C1O. The fraction of sp³-hybridized carbons (Fsp3) is 0.333. The van der Waals surface area contributed by atoms with E-state index in [0.29, 0.717) is 0 Å². The van der Waals surface area contributed by atoms with Crippen LogP contribution in [0.2, 0.25) is 0 Å². The van der Waals surface area contributed by atoms with Gasteiger partial charge in [0.2, 0.25) is 6.29 Å². The third-order valence-corrected chi connectivity index (χ3v) is 9.16. The van der Waals surface area contributed by atoms with Gasteiger partial charge in [-0.1, -0.05) is 6.07 Å². The van der Waals surface area contributed by atoms with E-state index in [1.807, 2.05) is 0 Å². The van der Waals surface area contributed by atoms with Gasteiger partial charge in [0.15, 0.2) is 34.5 Å². The molecule has 55 heavy (non-hydrogen) atoms. The summed E-state index contributed by atoms with van der Waals surface area (Å²) in [7, 11) is 0. The Labute approximate surface area is 308 Å². The molecule has 0 saturated carbocycles. The number of carbonyl (C=O) groups is 1. The van der Waals surface area contributed by atoms with E-state index in [2.05, 4.69) is 0 Å². The Morgan fingerprint density at radius 1 is 0.727 bits per heavy atom. The molecule has 2 aliphatic heterocycles. The van der Waals surface area contributed by atoms with Gasteiger partial charge in [-0.2, -0.15) is 0 Å². The largest absolute Gasteiger partial charge is 0.507 e. The summed E-state index contributed by atoms with van der Waals surface area (Å²) < 4.78 is 27.6. The summed E-state index contributed by atoms with van der Waals surface area (Å²) in [5, 5.41) is 123. The number of phenolic OH excluding ortho intramolecular Hbond substituents is 5. The molecular weight excluding hydrogens is 736 g/mol. The van der Waals surface area contributed by atoms with Gasteiger partial charge in [0.1, 0.15) is 77.1 Å². The molecule has 10 atom stereocenters. The fourth-order valence-corrected chi connectivity index (χ4v) is 6.22. The molecule has 3 aromatic carbocycles. The summed E-state index contributed by atoms with van der Waals surface area (Å²) in [6.07, 6.45) is -14.9. The van der Waals surface area contributed by atoms with Crippen LogP contribution in [0.1, 0.15) is 17.2 Å². The van der Waals surface area contributed by atoms with Crippen molar-refractivity contribution in [2.45, 2.75) is 61.2 Å². The number of ether oxygens (including phenoxy) is 4. The lowest BCUT2D eigenvalue weighted by molar-refractivity contribution is -0.277. The lowest BCUT2D eigenvalue weighted by atomic mass is 9.89. The van der Waals surface area contributed by atoms with Gasteiger partial charge in [-0.15, -0.1) is 0 Å². The molecule has 3 heterocycles. The smallest absolute Gasteiger partial charge is 0.331 e. The van der Waals surface area contributed by atoms with Crippen LogP contribution in [0.4, 0.5) is 0 Å².